The normalized spacial score (nSPS) is 26.7. The molecule has 0 radical (unpaired) electrons. The fourth-order valence-electron chi connectivity index (χ4n) is 4.15. The summed E-state index contributed by atoms with van der Waals surface area (Å²) in [5.41, 5.74) is 2.56. The summed E-state index contributed by atoms with van der Waals surface area (Å²) in [5, 5.41) is 4.28. The molecule has 0 aromatic carbocycles. The predicted octanol–water partition coefficient (Wildman–Crippen LogP) is 2.01. The van der Waals surface area contributed by atoms with Crippen LogP contribution in [0.3, 0.4) is 0 Å². The van der Waals surface area contributed by atoms with Gasteiger partial charge in [-0.15, -0.1) is 0 Å². The lowest BCUT2D eigenvalue weighted by Crippen LogP contribution is -2.51. The minimum atomic E-state index is 0.119. The van der Waals surface area contributed by atoms with Crippen LogP contribution in [0, 0.1) is 5.41 Å². The summed E-state index contributed by atoms with van der Waals surface area (Å²) in [6, 6.07) is 4.02. The largest absolute Gasteiger partial charge is 0.377 e. The molecule has 2 aromatic rings. The van der Waals surface area contributed by atoms with Crippen LogP contribution in [0.2, 0.25) is 0 Å². The third kappa shape index (κ3) is 3.76. The van der Waals surface area contributed by atoms with Gasteiger partial charge in [0.25, 0.3) is 0 Å². The number of ether oxygens (including phenoxy) is 2. The Kier molecular flexibility index (Phi) is 4.83. The van der Waals surface area contributed by atoms with Crippen molar-refractivity contribution >= 4 is 0 Å². The molecule has 2 atom stereocenters. The van der Waals surface area contributed by atoms with Crippen molar-refractivity contribution in [1.29, 1.82) is 0 Å². The SMILES string of the molecule is Cn1cc(CN2CC[C@@H]3OCC[C@]3(COCc3ccncc3)C2)cn1. The molecule has 6 nitrogen and oxygen atoms in total. The molecule has 0 aliphatic carbocycles. The van der Waals surface area contributed by atoms with Gasteiger partial charge in [0.05, 0.1) is 25.5 Å². The zero-order valence-corrected chi connectivity index (χ0v) is 14.8. The summed E-state index contributed by atoms with van der Waals surface area (Å²) >= 11 is 0. The zero-order valence-electron chi connectivity index (χ0n) is 14.8. The molecule has 134 valence electrons. The van der Waals surface area contributed by atoms with E-state index in [1.54, 1.807) is 0 Å². The molecule has 2 aliphatic heterocycles. The minimum Gasteiger partial charge on any atom is -0.377 e. The second-order valence-corrected chi connectivity index (χ2v) is 7.34. The Hall–Kier alpha value is -1.76. The van der Waals surface area contributed by atoms with E-state index >= 15 is 0 Å². The molecule has 0 N–H and O–H groups in total. The number of piperidine rings is 1. The highest BCUT2D eigenvalue weighted by molar-refractivity contribution is 5.08. The molecule has 0 saturated carbocycles. The molecule has 2 fully saturated rings. The second-order valence-electron chi connectivity index (χ2n) is 7.34. The molecule has 4 rings (SSSR count). The van der Waals surface area contributed by atoms with Crippen molar-refractivity contribution in [3.8, 4) is 0 Å². The first-order valence-electron chi connectivity index (χ1n) is 9.02. The molecule has 2 saturated heterocycles. The second kappa shape index (κ2) is 7.23. The average Bonchev–Trinajstić information content (AvgIpc) is 3.22. The van der Waals surface area contributed by atoms with Gasteiger partial charge in [0.15, 0.2) is 0 Å². The van der Waals surface area contributed by atoms with Crippen LogP contribution >= 0.6 is 0 Å². The van der Waals surface area contributed by atoms with Crippen molar-refractivity contribution < 1.29 is 9.47 Å². The molecule has 0 amide bonds. The van der Waals surface area contributed by atoms with Crippen molar-refractivity contribution in [2.45, 2.75) is 32.1 Å². The van der Waals surface area contributed by atoms with E-state index in [4.69, 9.17) is 9.47 Å². The van der Waals surface area contributed by atoms with Gasteiger partial charge in [-0.05, 0) is 30.5 Å². The number of likely N-dealkylation sites (tertiary alicyclic amines) is 1. The molecule has 2 aliphatic rings. The molecule has 0 spiro atoms. The average molecular weight is 342 g/mol. The van der Waals surface area contributed by atoms with E-state index in [1.807, 2.05) is 42.5 Å². The maximum absolute atomic E-state index is 6.12. The fraction of sp³-hybridized carbons (Fsp3) is 0.579. The van der Waals surface area contributed by atoms with E-state index in [2.05, 4.69) is 21.2 Å². The standard InChI is InChI=1S/C19H26N4O2/c1-22-11-17(10-21-22)12-23-8-4-18-19(14-23,5-9-25-18)15-24-13-16-2-6-20-7-3-16/h2-3,6-7,10-11,18H,4-5,8-9,12-15H2,1H3/t18-,19+/m0/s1. The summed E-state index contributed by atoms with van der Waals surface area (Å²) in [6.45, 7) is 5.30. The van der Waals surface area contributed by atoms with Gasteiger partial charge >= 0.3 is 0 Å². The third-order valence-corrected chi connectivity index (χ3v) is 5.42. The van der Waals surface area contributed by atoms with E-state index in [1.165, 1.54) is 11.1 Å². The molecule has 25 heavy (non-hydrogen) atoms. The number of aryl methyl sites for hydroxylation is 1. The number of aromatic nitrogens is 3. The van der Waals surface area contributed by atoms with Gasteiger partial charge < -0.3 is 9.47 Å². The van der Waals surface area contributed by atoms with Gasteiger partial charge in [0.2, 0.25) is 0 Å². The van der Waals surface area contributed by atoms with E-state index in [9.17, 15) is 0 Å². The van der Waals surface area contributed by atoms with E-state index in [0.717, 1.165) is 45.7 Å². The Labute approximate surface area is 148 Å². The van der Waals surface area contributed by atoms with Crippen LogP contribution in [0.1, 0.15) is 24.0 Å². The molecule has 0 unspecified atom stereocenters. The third-order valence-electron chi connectivity index (χ3n) is 5.42. The monoisotopic (exact) mass is 342 g/mol. The van der Waals surface area contributed by atoms with Crippen LogP contribution in [-0.4, -0.2) is 52.1 Å². The predicted molar refractivity (Wildman–Crippen MR) is 93.8 cm³/mol. The number of rotatable bonds is 6. The van der Waals surface area contributed by atoms with Crippen LogP contribution in [0.15, 0.2) is 36.9 Å². The van der Waals surface area contributed by atoms with Crippen LogP contribution in [0.25, 0.3) is 0 Å². The number of pyridine rings is 1. The minimum absolute atomic E-state index is 0.119. The molecule has 4 heterocycles. The Balaban J connectivity index is 1.38. The van der Waals surface area contributed by atoms with E-state index in [0.29, 0.717) is 12.7 Å². The molecular weight excluding hydrogens is 316 g/mol. The first kappa shape index (κ1) is 16.7. The Bertz CT molecular complexity index is 690. The summed E-state index contributed by atoms with van der Waals surface area (Å²) in [6.07, 6.45) is 10.2. The van der Waals surface area contributed by atoms with Crippen molar-refractivity contribution in [2.75, 3.05) is 26.3 Å². The molecule has 6 heteroatoms. The summed E-state index contributed by atoms with van der Waals surface area (Å²) in [5.74, 6) is 0. The van der Waals surface area contributed by atoms with Crippen LogP contribution < -0.4 is 0 Å². The highest BCUT2D eigenvalue weighted by Crippen LogP contribution is 2.41. The molecule has 2 aromatic heterocycles. The number of hydrogen-bond donors (Lipinski definition) is 0. The van der Waals surface area contributed by atoms with Crippen LogP contribution in [0.4, 0.5) is 0 Å². The Morgan fingerprint density at radius 2 is 2.20 bits per heavy atom. The molecule has 0 bridgehead atoms. The lowest BCUT2D eigenvalue weighted by molar-refractivity contribution is -0.0685. The first-order valence-corrected chi connectivity index (χ1v) is 9.02. The van der Waals surface area contributed by atoms with Gasteiger partial charge in [-0.2, -0.15) is 5.10 Å². The quantitative estimate of drug-likeness (QED) is 0.804. The topological polar surface area (TPSA) is 52.4 Å². The Morgan fingerprint density at radius 3 is 3.00 bits per heavy atom. The highest BCUT2D eigenvalue weighted by Gasteiger charge is 2.48. The van der Waals surface area contributed by atoms with Crippen molar-refractivity contribution in [1.82, 2.24) is 19.7 Å². The van der Waals surface area contributed by atoms with Crippen LogP contribution in [-0.2, 0) is 29.7 Å². The van der Waals surface area contributed by atoms with Crippen molar-refractivity contribution in [3.63, 3.8) is 0 Å². The van der Waals surface area contributed by atoms with Crippen LogP contribution in [0.5, 0.6) is 0 Å². The van der Waals surface area contributed by atoms with Gasteiger partial charge in [0.1, 0.15) is 0 Å². The zero-order chi connectivity index (χ0) is 17.1. The highest BCUT2D eigenvalue weighted by atomic mass is 16.5. The van der Waals surface area contributed by atoms with Crippen molar-refractivity contribution in [3.05, 3.63) is 48.0 Å². The maximum Gasteiger partial charge on any atom is 0.0718 e. The van der Waals surface area contributed by atoms with E-state index in [-0.39, 0.29) is 5.41 Å². The molecular formula is C19H26N4O2. The lowest BCUT2D eigenvalue weighted by Gasteiger charge is -2.43. The van der Waals surface area contributed by atoms with Gasteiger partial charge in [0, 0.05) is 62.9 Å². The number of fused-ring (bicyclic) bond motifs is 1. The first-order chi connectivity index (χ1) is 12.2. The maximum atomic E-state index is 6.12. The number of nitrogens with zero attached hydrogens (tertiary/aromatic N) is 4. The Morgan fingerprint density at radius 1 is 1.32 bits per heavy atom. The van der Waals surface area contributed by atoms with Gasteiger partial charge in [-0.1, -0.05) is 0 Å². The van der Waals surface area contributed by atoms with E-state index < -0.39 is 0 Å². The van der Waals surface area contributed by atoms with Gasteiger partial charge in [-0.3, -0.25) is 14.6 Å². The summed E-state index contributed by atoms with van der Waals surface area (Å²) in [4.78, 5) is 6.58. The van der Waals surface area contributed by atoms with Crippen molar-refractivity contribution in [2.24, 2.45) is 12.5 Å². The number of hydrogen-bond acceptors (Lipinski definition) is 5. The summed E-state index contributed by atoms with van der Waals surface area (Å²) in [7, 11) is 1.97. The lowest BCUT2D eigenvalue weighted by atomic mass is 9.77. The smallest absolute Gasteiger partial charge is 0.0718 e. The van der Waals surface area contributed by atoms with Gasteiger partial charge in [-0.25, -0.2) is 0 Å². The fourth-order valence-corrected chi connectivity index (χ4v) is 4.15. The summed E-state index contributed by atoms with van der Waals surface area (Å²) < 4.78 is 14.0.